The predicted octanol–water partition coefficient (Wildman–Crippen LogP) is 3.93. The second-order valence-corrected chi connectivity index (χ2v) is 10.7. The maximum atomic E-state index is 9.82. The van der Waals surface area contributed by atoms with Crippen LogP contribution in [0, 0.1) is 0 Å². The van der Waals surface area contributed by atoms with Crippen LogP contribution >= 0.6 is 11.3 Å². The Morgan fingerprint density at radius 1 is 1.13 bits per heavy atom. The van der Waals surface area contributed by atoms with E-state index in [4.69, 9.17) is 5.10 Å². The molecule has 0 spiro atoms. The number of aromatic nitrogens is 4. The minimum absolute atomic E-state index is 0.0105. The fraction of sp³-hybridized carbons (Fsp3) is 0.609. The molecule has 0 radical (unpaired) electrons. The van der Waals surface area contributed by atoms with E-state index in [2.05, 4.69) is 67.9 Å². The van der Waals surface area contributed by atoms with Crippen LogP contribution in [-0.2, 0) is 10.8 Å². The van der Waals surface area contributed by atoms with Crippen LogP contribution in [0.2, 0.25) is 0 Å². The van der Waals surface area contributed by atoms with Crippen LogP contribution in [0.1, 0.15) is 77.7 Å². The first-order chi connectivity index (χ1) is 14.1. The average Bonchev–Trinajstić information content (AvgIpc) is 3.38. The van der Waals surface area contributed by atoms with Crippen LogP contribution in [0.25, 0.3) is 11.7 Å². The van der Waals surface area contributed by atoms with E-state index in [1.165, 1.54) is 22.7 Å². The number of hydrogen-bond acceptors (Lipinski definition) is 6. The number of rotatable bonds is 8. The highest BCUT2D eigenvalue weighted by atomic mass is 32.1. The molecule has 30 heavy (non-hydrogen) atoms. The first-order valence-corrected chi connectivity index (χ1v) is 11.7. The van der Waals surface area contributed by atoms with E-state index in [9.17, 15) is 5.11 Å². The van der Waals surface area contributed by atoms with Crippen molar-refractivity contribution in [2.45, 2.75) is 72.1 Å². The summed E-state index contributed by atoms with van der Waals surface area (Å²) in [6.45, 7) is 16.9. The molecule has 0 atom stereocenters. The van der Waals surface area contributed by atoms with Gasteiger partial charge in [0.05, 0.1) is 17.3 Å². The minimum Gasteiger partial charge on any atom is -0.395 e. The smallest absolute Gasteiger partial charge is 0.187 e. The second-order valence-electron chi connectivity index (χ2n) is 9.57. The summed E-state index contributed by atoms with van der Waals surface area (Å²) in [5.74, 6) is 0.689. The quantitative estimate of drug-likeness (QED) is 0.588. The van der Waals surface area contributed by atoms with Crippen LogP contribution in [0.4, 0.5) is 5.00 Å². The van der Waals surface area contributed by atoms with E-state index < -0.39 is 5.41 Å². The van der Waals surface area contributed by atoms with Crippen molar-refractivity contribution in [2.75, 3.05) is 24.6 Å². The number of fused-ring (bicyclic) bond motifs is 1. The number of hydrogen-bond donors (Lipinski definition) is 1. The third-order valence-corrected chi connectivity index (χ3v) is 6.51. The average molecular weight is 430 g/mol. The fourth-order valence-electron chi connectivity index (χ4n) is 3.49. The summed E-state index contributed by atoms with van der Waals surface area (Å²) >= 11 is 1.80. The van der Waals surface area contributed by atoms with Crippen molar-refractivity contribution >= 4 is 28.1 Å². The van der Waals surface area contributed by atoms with Gasteiger partial charge in [-0.2, -0.15) is 9.61 Å². The molecule has 0 amide bonds. The van der Waals surface area contributed by atoms with Gasteiger partial charge >= 0.3 is 0 Å². The molecule has 0 bridgehead atoms. The van der Waals surface area contributed by atoms with Gasteiger partial charge < -0.3 is 10.0 Å². The highest BCUT2D eigenvalue weighted by Crippen LogP contribution is 2.28. The molecule has 0 saturated heterocycles. The predicted molar refractivity (Wildman–Crippen MR) is 125 cm³/mol. The minimum atomic E-state index is -0.510. The molecule has 7 heteroatoms. The van der Waals surface area contributed by atoms with Crippen molar-refractivity contribution in [3.63, 3.8) is 0 Å². The maximum Gasteiger partial charge on any atom is 0.187 e. The third kappa shape index (κ3) is 4.37. The Labute approximate surface area is 183 Å². The molecule has 0 aliphatic heterocycles. The maximum absolute atomic E-state index is 9.82. The van der Waals surface area contributed by atoms with Crippen molar-refractivity contribution < 1.29 is 5.11 Å². The van der Waals surface area contributed by atoms with Gasteiger partial charge in [0.2, 0.25) is 0 Å². The first kappa shape index (κ1) is 22.7. The SMILES string of the molecule is CCCCN(CC)c1ccc(/C=c2/c(C(C)(C)C)nn3c(C(C)(C)CO)nnc23)s1. The Hall–Kier alpha value is -1.99. The molecule has 164 valence electrons. The molecule has 3 aromatic rings. The van der Waals surface area contributed by atoms with Gasteiger partial charge in [-0.25, -0.2) is 0 Å². The van der Waals surface area contributed by atoms with Crippen LogP contribution < -0.4 is 10.1 Å². The van der Waals surface area contributed by atoms with Crippen molar-refractivity contribution in [2.24, 2.45) is 0 Å². The van der Waals surface area contributed by atoms with Gasteiger partial charge in [0.25, 0.3) is 0 Å². The molecule has 0 fully saturated rings. The number of anilines is 1. The summed E-state index contributed by atoms with van der Waals surface area (Å²) < 4.78 is 1.82. The van der Waals surface area contributed by atoms with Crippen LogP contribution in [0.3, 0.4) is 0 Å². The van der Waals surface area contributed by atoms with Gasteiger partial charge in [-0.05, 0) is 31.6 Å². The molecule has 3 heterocycles. The molecule has 0 aromatic carbocycles. The fourth-order valence-corrected chi connectivity index (χ4v) is 4.53. The Kier molecular flexibility index (Phi) is 6.53. The Balaban J connectivity index is 2.12. The van der Waals surface area contributed by atoms with Crippen molar-refractivity contribution in [3.8, 4) is 0 Å². The second kappa shape index (κ2) is 8.63. The molecule has 6 nitrogen and oxygen atoms in total. The molecule has 1 N–H and O–H groups in total. The molecule has 3 aromatic heterocycles. The van der Waals surface area contributed by atoms with E-state index in [-0.39, 0.29) is 12.0 Å². The van der Waals surface area contributed by atoms with Crippen LogP contribution in [0.5, 0.6) is 0 Å². The Bertz CT molecular complexity index is 1040. The van der Waals surface area contributed by atoms with E-state index >= 15 is 0 Å². The lowest BCUT2D eigenvalue weighted by molar-refractivity contribution is 0.209. The van der Waals surface area contributed by atoms with Gasteiger partial charge in [-0.3, -0.25) is 0 Å². The molecule has 0 aliphatic carbocycles. The van der Waals surface area contributed by atoms with Gasteiger partial charge in [0.1, 0.15) is 0 Å². The number of aliphatic hydroxyl groups is 1. The molecule has 0 saturated carbocycles. The summed E-state index contributed by atoms with van der Waals surface area (Å²) in [4.78, 5) is 3.62. The van der Waals surface area contributed by atoms with Crippen molar-refractivity contribution in [3.05, 3.63) is 33.7 Å². The standard InChI is InChI=1S/C23H35N5OS/c1-8-10-13-27(9-2)18-12-11-16(30-18)14-17-19(22(3,4)5)26-28-20(17)24-25-21(28)23(6,7)15-29/h11-12,14,29H,8-10,13,15H2,1-7H3/b17-14-. The Morgan fingerprint density at radius 2 is 1.87 bits per heavy atom. The highest BCUT2D eigenvalue weighted by molar-refractivity contribution is 7.16. The topological polar surface area (TPSA) is 66.6 Å². The molecular formula is C23H35N5OS. The zero-order valence-electron chi connectivity index (χ0n) is 19.4. The van der Waals surface area contributed by atoms with Crippen molar-refractivity contribution in [1.82, 2.24) is 19.8 Å². The van der Waals surface area contributed by atoms with E-state index in [0.717, 1.165) is 29.6 Å². The molecule has 3 rings (SSSR count). The number of unbranched alkanes of at least 4 members (excludes halogenated alkanes) is 1. The number of aliphatic hydroxyl groups excluding tert-OH is 1. The number of thiophene rings is 1. The lowest BCUT2D eigenvalue weighted by Gasteiger charge is -2.20. The van der Waals surface area contributed by atoms with E-state index in [1.807, 2.05) is 18.4 Å². The monoisotopic (exact) mass is 429 g/mol. The van der Waals surface area contributed by atoms with Crippen molar-refractivity contribution in [1.29, 1.82) is 0 Å². The number of nitrogens with zero attached hydrogens (tertiary/aromatic N) is 5. The largest absolute Gasteiger partial charge is 0.395 e. The zero-order chi connectivity index (χ0) is 22.1. The highest BCUT2D eigenvalue weighted by Gasteiger charge is 2.30. The lowest BCUT2D eigenvalue weighted by atomic mass is 9.91. The third-order valence-electron chi connectivity index (χ3n) is 5.42. The zero-order valence-corrected chi connectivity index (χ0v) is 20.2. The van der Waals surface area contributed by atoms with Gasteiger partial charge in [0.15, 0.2) is 11.5 Å². The van der Waals surface area contributed by atoms with Crippen LogP contribution in [0.15, 0.2) is 12.1 Å². The van der Waals surface area contributed by atoms with E-state index in [0.29, 0.717) is 5.82 Å². The summed E-state index contributed by atoms with van der Waals surface area (Å²) in [5, 5.41) is 25.9. The molecule has 0 unspecified atom stereocenters. The summed E-state index contributed by atoms with van der Waals surface area (Å²) in [6.07, 6.45) is 4.59. The first-order valence-electron chi connectivity index (χ1n) is 10.9. The normalized spacial score (nSPS) is 13.5. The van der Waals surface area contributed by atoms with Gasteiger partial charge in [0, 0.05) is 34.0 Å². The van der Waals surface area contributed by atoms with E-state index in [1.54, 1.807) is 11.3 Å². The molecular weight excluding hydrogens is 394 g/mol. The lowest BCUT2D eigenvalue weighted by Crippen LogP contribution is -2.26. The van der Waals surface area contributed by atoms with Gasteiger partial charge in [-0.15, -0.1) is 21.5 Å². The summed E-state index contributed by atoms with van der Waals surface area (Å²) in [7, 11) is 0. The Morgan fingerprint density at radius 3 is 2.47 bits per heavy atom. The van der Waals surface area contributed by atoms with Gasteiger partial charge in [-0.1, -0.05) is 48.0 Å². The summed E-state index contributed by atoms with van der Waals surface area (Å²) in [6, 6.07) is 4.39. The molecule has 0 aliphatic rings. The van der Waals surface area contributed by atoms with Crippen LogP contribution in [-0.4, -0.2) is 44.6 Å². The summed E-state index contributed by atoms with van der Waals surface area (Å²) in [5.41, 5.74) is 1.11.